The van der Waals surface area contributed by atoms with Crippen LogP contribution in [-0.4, -0.2) is 25.5 Å². The summed E-state index contributed by atoms with van der Waals surface area (Å²) in [5, 5.41) is 9.09. The van der Waals surface area contributed by atoms with E-state index in [2.05, 4.69) is 36.6 Å². The van der Waals surface area contributed by atoms with Gasteiger partial charge in [0.25, 0.3) is 0 Å². The maximum absolute atomic E-state index is 12.3. The number of carboxylic acid groups (broad SMARTS) is 1. The summed E-state index contributed by atoms with van der Waals surface area (Å²) < 4.78 is 27.7. The van der Waals surface area contributed by atoms with E-state index in [4.69, 9.17) is 5.11 Å². The zero-order valence-corrected chi connectivity index (χ0v) is 14.8. The zero-order chi connectivity index (χ0) is 15.3. The van der Waals surface area contributed by atoms with Crippen molar-refractivity contribution in [2.24, 2.45) is 0 Å². The summed E-state index contributed by atoms with van der Waals surface area (Å²) in [5.74, 6) is -1.17. The third kappa shape index (κ3) is 4.83. The fourth-order valence-electron chi connectivity index (χ4n) is 1.57. The lowest BCUT2D eigenvalue weighted by molar-refractivity contribution is -0.139. The molecule has 0 unspecified atom stereocenters. The molecular weight excluding hydrogens is 414 g/mol. The quantitative estimate of drug-likeness (QED) is 0.698. The molecule has 0 saturated heterocycles. The Morgan fingerprint density at radius 2 is 2.05 bits per heavy atom. The first-order valence-electron chi connectivity index (χ1n) is 5.98. The van der Waals surface area contributed by atoms with E-state index in [0.717, 1.165) is 6.42 Å². The molecule has 0 fully saturated rings. The van der Waals surface area contributed by atoms with Crippen molar-refractivity contribution in [2.45, 2.75) is 37.1 Å². The van der Waals surface area contributed by atoms with Crippen LogP contribution in [0, 0.1) is 0 Å². The highest BCUT2D eigenvalue weighted by molar-refractivity contribution is 9.11. The van der Waals surface area contributed by atoms with Gasteiger partial charge in [0.2, 0.25) is 10.0 Å². The van der Waals surface area contributed by atoms with Gasteiger partial charge in [-0.25, -0.2) is 8.42 Å². The largest absolute Gasteiger partial charge is 0.480 e. The van der Waals surface area contributed by atoms with Gasteiger partial charge in [-0.15, -0.1) is 0 Å². The van der Waals surface area contributed by atoms with Gasteiger partial charge in [0.1, 0.15) is 6.04 Å². The maximum Gasteiger partial charge on any atom is 0.321 e. The van der Waals surface area contributed by atoms with Crippen LogP contribution in [0.3, 0.4) is 0 Å². The molecule has 112 valence electrons. The number of rotatable bonds is 7. The SMILES string of the molecule is CCCC[C@H](NS(=O)(=O)c1cc(Br)ccc1Br)C(=O)O. The molecule has 0 aliphatic heterocycles. The van der Waals surface area contributed by atoms with E-state index in [-0.39, 0.29) is 11.3 Å². The number of nitrogens with one attached hydrogen (secondary N) is 1. The molecule has 0 saturated carbocycles. The molecule has 2 N–H and O–H groups in total. The van der Waals surface area contributed by atoms with Crippen molar-refractivity contribution in [3.8, 4) is 0 Å². The molecule has 8 heteroatoms. The van der Waals surface area contributed by atoms with Crippen LogP contribution in [0.25, 0.3) is 0 Å². The predicted molar refractivity (Wildman–Crippen MR) is 83.1 cm³/mol. The van der Waals surface area contributed by atoms with E-state index in [9.17, 15) is 13.2 Å². The Hall–Kier alpha value is -0.440. The van der Waals surface area contributed by atoms with Crippen molar-refractivity contribution < 1.29 is 18.3 Å². The van der Waals surface area contributed by atoms with E-state index < -0.39 is 22.0 Å². The minimum Gasteiger partial charge on any atom is -0.480 e. The van der Waals surface area contributed by atoms with Crippen molar-refractivity contribution >= 4 is 47.9 Å². The normalized spacial score (nSPS) is 13.2. The second-order valence-corrected chi connectivity index (χ2v) is 7.68. The monoisotopic (exact) mass is 427 g/mol. The Labute approximate surface area is 135 Å². The van der Waals surface area contributed by atoms with Crippen molar-refractivity contribution in [3.63, 3.8) is 0 Å². The average Bonchev–Trinajstić information content (AvgIpc) is 2.36. The molecular formula is C12H15Br2NO4S. The number of unbranched alkanes of at least 4 members (excludes halogenated alkanes) is 1. The van der Waals surface area contributed by atoms with E-state index in [1.54, 1.807) is 12.1 Å². The predicted octanol–water partition coefficient (Wildman–Crippen LogP) is 3.13. The first-order valence-corrected chi connectivity index (χ1v) is 9.05. The number of hydrogen-bond donors (Lipinski definition) is 2. The molecule has 0 amide bonds. The van der Waals surface area contributed by atoms with Crippen molar-refractivity contribution in [1.29, 1.82) is 0 Å². The Kier molecular flexibility index (Phi) is 6.63. The number of benzene rings is 1. The second kappa shape index (κ2) is 7.53. The zero-order valence-electron chi connectivity index (χ0n) is 10.8. The molecule has 1 atom stereocenters. The van der Waals surface area contributed by atoms with Gasteiger partial charge in [0.15, 0.2) is 0 Å². The van der Waals surface area contributed by atoms with Gasteiger partial charge in [-0.05, 0) is 40.5 Å². The van der Waals surface area contributed by atoms with Gasteiger partial charge in [-0.3, -0.25) is 4.79 Å². The summed E-state index contributed by atoms with van der Waals surface area (Å²) in [6, 6.07) is 3.58. The highest BCUT2D eigenvalue weighted by Crippen LogP contribution is 2.26. The standard InChI is InChI=1S/C12H15Br2NO4S/c1-2-3-4-10(12(16)17)15-20(18,19)11-7-8(13)5-6-9(11)14/h5-7,10,15H,2-4H2,1H3,(H,16,17)/t10-/m0/s1. The average molecular weight is 429 g/mol. The van der Waals surface area contributed by atoms with E-state index in [0.29, 0.717) is 15.4 Å². The van der Waals surface area contributed by atoms with E-state index >= 15 is 0 Å². The van der Waals surface area contributed by atoms with Crippen LogP contribution in [-0.2, 0) is 14.8 Å². The van der Waals surface area contributed by atoms with Crippen LogP contribution in [0.4, 0.5) is 0 Å². The first-order chi connectivity index (χ1) is 9.27. The topological polar surface area (TPSA) is 83.5 Å². The molecule has 0 bridgehead atoms. The summed E-state index contributed by atoms with van der Waals surface area (Å²) in [5.41, 5.74) is 0. The summed E-state index contributed by atoms with van der Waals surface area (Å²) in [6.07, 6.45) is 1.70. The highest BCUT2D eigenvalue weighted by Gasteiger charge is 2.26. The minimum absolute atomic E-state index is 0.00891. The van der Waals surface area contributed by atoms with Crippen molar-refractivity contribution in [2.75, 3.05) is 0 Å². The van der Waals surface area contributed by atoms with Gasteiger partial charge in [-0.2, -0.15) is 4.72 Å². The maximum atomic E-state index is 12.3. The number of hydrogen-bond acceptors (Lipinski definition) is 3. The lowest BCUT2D eigenvalue weighted by Gasteiger charge is -2.15. The smallest absolute Gasteiger partial charge is 0.321 e. The van der Waals surface area contributed by atoms with Gasteiger partial charge in [0, 0.05) is 8.95 Å². The molecule has 0 aliphatic carbocycles. The third-order valence-electron chi connectivity index (χ3n) is 2.62. The van der Waals surface area contributed by atoms with Gasteiger partial charge >= 0.3 is 5.97 Å². The molecule has 0 heterocycles. The van der Waals surface area contributed by atoms with Crippen LogP contribution in [0.15, 0.2) is 32.0 Å². The summed E-state index contributed by atoms with van der Waals surface area (Å²) >= 11 is 6.35. The van der Waals surface area contributed by atoms with Crippen molar-refractivity contribution in [1.82, 2.24) is 4.72 Å². The molecule has 20 heavy (non-hydrogen) atoms. The summed E-state index contributed by atoms with van der Waals surface area (Å²) in [4.78, 5) is 11.1. The number of halogens is 2. The lowest BCUT2D eigenvalue weighted by atomic mass is 10.1. The number of aliphatic carboxylic acids is 1. The second-order valence-electron chi connectivity index (χ2n) is 4.23. The fraction of sp³-hybridized carbons (Fsp3) is 0.417. The first kappa shape index (κ1) is 17.6. The molecule has 0 aliphatic rings. The fourth-order valence-corrected chi connectivity index (χ4v) is 4.30. The molecule has 0 aromatic heterocycles. The van der Waals surface area contributed by atoms with Crippen LogP contribution in [0.5, 0.6) is 0 Å². The molecule has 1 aromatic carbocycles. The van der Waals surface area contributed by atoms with Crippen LogP contribution >= 0.6 is 31.9 Å². The Bertz CT molecular complexity index is 589. The van der Waals surface area contributed by atoms with Crippen LogP contribution < -0.4 is 4.72 Å². The summed E-state index contributed by atoms with van der Waals surface area (Å²) in [7, 11) is -3.90. The third-order valence-corrected chi connectivity index (χ3v) is 5.58. The molecule has 5 nitrogen and oxygen atoms in total. The highest BCUT2D eigenvalue weighted by atomic mass is 79.9. The van der Waals surface area contributed by atoms with E-state index in [1.807, 2.05) is 6.92 Å². The van der Waals surface area contributed by atoms with Gasteiger partial charge < -0.3 is 5.11 Å². The lowest BCUT2D eigenvalue weighted by Crippen LogP contribution is -2.40. The van der Waals surface area contributed by atoms with Gasteiger partial charge in [0.05, 0.1) is 4.90 Å². The molecule has 0 radical (unpaired) electrons. The number of sulfonamides is 1. The van der Waals surface area contributed by atoms with Gasteiger partial charge in [-0.1, -0.05) is 35.7 Å². The molecule has 1 aromatic rings. The van der Waals surface area contributed by atoms with E-state index in [1.165, 1.54) is 6.07 Å². The number of carboxylic acids is 1. The van der Waals surface area contributed by atoms with Crippen LogP contribution in [0.1, 0.15) is 26.2 Å². The Morgan fingerprint density at radius 1 is 1.40 bits per heavy atom. The molecule has 0 spiro atoms. The summed E-state index contributed by atoms with van der Waals surface area (Å²) in [6.45, 7) is 1.91. The van der Waals surface area contributed by atoms with Crippen molar-refractivity contribution in [3.05, 3.63) is 27.1 Å². The Balaban J connectivity index is 3.03. The van der Waals surface area contributed by atoms with Crippen LogP contribution in [0.2, 0.25) is 0 Å². The minimum atomic E-state index is -3.90. The number of carbonyl (C=O) groups is 1. The molecule has 1 rings (SSSR count). The Morgan fingerprint density at radius 3 is 2.60 bits per heavy atom.